The molecule has 0 saturated carbocycles. The van der Waals surface area contributed by atoms with Gasteiger partial charge in [0.05, 0.1) is 13.2 Å². The summed E-state index contributed by atoms with van der Waals surface area (Å²) in [6.07, 6.45) is 5.01. The van der Waals surface area contributed by atoms with E-state index in [1.165, 1.54) is 6.33 Å². The Morgan fingerprint density at radius 3 is 2.53 bits per heavy atom. The van der Waals surface area contributed by atoms with E-state index < -0.39 is 0 Å². The van der Waals surface area contributed by atoms with E-state index in [0.29, 0.717) is 25.1 Å². The number of anilines is 1. The molecule has 2 aromatic rings. The first kappa shape index (κ1) is 13.4. The molecule has 3 heterocycles. The maximum absolute atomic E-state index is 5.29. The zero-order valence-corrected chi connectivity index (χ0v) is 11.2. The van der Waals surface area contributed by atoms with Gasteiger partial charge in [-0.3, -0.25) is 0 Å². The first-order valence-electron chi connectivity index (χ1n) is 6.45. The van der Waals surface area contributed by atoms with Crippen LogP contribution in [0.3, 0.4) is 0 Å². The summed E-state index contributed by atoms with van der Waals surface area (Å²) in [6.45, 7) is 7.04. The summed E-state index contributed by atoms with van der Waals surface area (Å²) in [4.78, 5) is 14.7. The van der Waals surface area contributed by atoms with E-state index in [1.807, 2.05) is 19.9 Å². The molecule has 0 N–H and O–H groups in total. The quantitative estimate of drug-likeness (QED) is 0.801. The molecule has 0 aromatic carbocycles. The first-order valence-corrected chi connectivity index (χ1v) is 6.45. The van der Waals surface area contributed by atoms with Crippen LogP contribution in [0.25, 0.3) is 5.95 Å². The van der Waals surface area contributed by atoms with Gasteiger partial charge in [-0.05, 0) is 6.07 Å². The molecule has 7 heteroatoms. The van der Waals surface area contributed by atoms with Gasteiger partial charge < -0.3 is 9.64 Å². The van der Waals surface area contributed by atoms with E-state index in [4.69, 9.17) is 4.74 Å². The number of hydrogen-bond acceptors (Lipinski definition) is 6. The SMILES string of the molecule is CC.c1cnn(-c2ncnc(N3CCOCC3)n2)c1. The molecule has 1 saturated heterocycles. The van der Waals surface area contributed by atoms with E-state index in [1.54, 1.807) is 17.1 Å². The zero-order chi connectivity index (χ0) is 13.5. The van der Waals surface area contributed by atoms with Crippen molar-refractivity contribution in [2.45, 2.75) is 13.8 Å². The minimum atomic E-state index is 0.534. The number of aromatic nitrogens is 5. The Labute approximate surface area is 112 Å². The van der Waals surface area contributed by atoms with Crippen molar-refractivity contribution in [1.29, 1.82) is 0 Å². The van der Waals surface area contributed by atoms with Gasteiger partial charge in [-0.1, -0.05) is 13.8 Å². The van der Waals surface area contributed by atoms with Gasteiger partial charge in [0, 0.05) is 25.5 Å². The number of morpholine rings is 1. The van der Waals surface area contributed by atoms with Gasteiger partial charge >= 0.3 is 0 Å². The summed E-state index contributed by atoms with van der Waals surface area (Å²) in [7, 11) is 0. The fraction of sp³-hybridized carbons (Fsp3) is 0.500. The predicted molar refractivity (Wildman–Crippen MR) is 71.3 cm³/mol. The van der Waals surface area contributed by atoms with Crippen LogP contribution in [-0.2, 0) is 4.74 Å². The maximum Gasteiger partial charge on any atom is 0.255 e. The summed E-state index contributed by atoms with van der Waals surface area (Å²) in [5.74, 6) is 1.21. The van der Waals surface area contributed by atoms with Crippen LogP contribution in [0.2, 0.25) is 0 Å². The monoisotopic (exact) mass is 262 g/mol. The second-order valence-corrected chi connectivity index (χ2v) is 3.64. The van der Waals surface area contributed by atoms with Crippen molar-refractivity contribution < 1.29 is 4.74 Å². The Kier molecular flexibility index (Phi) is 4.79. The van der Waals surface area contributed by atoms with Crippen LogP contribution < -0.4 is 4.90 Å². The molecule has 102 valence electrons. The molecule has 0 spiro atoms. The molecule has 3 rings (SSSR count). The van der Waals surface area contributed by atoms with Gasteiger partial charge in [-0.25, -0.2) is 9.67 Å². The topological polar surface area (TPSA) is 69.0 Å². The van der Waals surface area contributed by atoms with Gasteiger partial charge in [-0.15, -0.1) is 0 Å². The van der Waals surface area contributed by atoms with E-state index in [0.717, 1.165) is 13.1 Å². The summed E-state index contributed by atoms with van der Waals surface area (Å²) in [5.41, 5.74) is 0. The minimum Gasteiger partial charge on any atom is -0.378 e. The average Bonchev–Trinajstić information content (AvgIpc) is 3.05. The lowest BCUT2D eigenvalue weighted by Gasteiger charge is -2.26. The molecule has 7 nitrogen and oxygen atoms in total. The van der Waals surface area contributed by atoms with Gasteiger partial charge in [0.1, 0.15) is 6.33 Å². The molecule has 1 aliphatic rings. The first-order chi connectivity index (χ1) is 9.43. The standard InChI is InChI=1S/C10H12N6O.C2H6/c1-2-13-16(3-1)10-12-8-11-9(14-10)15-4-6-17-7-5-15;1-2/h1-3,8H,4-7H2;1-2H3. The molecule has 0 radical (unpaired) electrons. The normalized spacial score (nSPS) is 14.7. The van der Waals surface area contributed by atoms with Gasteiger partial charge in [0.15, 0.2) is 0 Å². The summed E-state index contributed by atoms with van der Waals surface area (Å²) >= 11 is 0. The maximum atomic E-state index is 5.29. The van der Waals surface area contributed by atoms with Crippen molar-refractivity contribution in [2.75, 3.05) is 31.2 Å². The molecule has 0 bridgehead atoms. The highest BCUT2D eigenvalue weighted by atomic mass is 16.5. The zero-order valence-electron chi connectivity index (χ0n) is 11.2. The number of nitrogens with zero attached hydrogens (tertiary/aromatic N) is 6. The molecular weight excluding hydrogens is 244 g/mol. The van der Waals surface area contributed by atoms with Crippen LogP contribution in [-0.4, -0.2) is 51.0 Å². The Balaban J connectivity index is 0.000000637. The Morgan fingerprint density at radius 1 is 1.11 bits per heavy atom. The third kappa shape index (κ3) is 3.25. The van der Waals surface area contributed by atoms with Crippen molar-refractivity contribution in [1.82, 2.24) is 24.7 Å². The Hall–Kier alpha value is -2.02. The molecule has 0 unspecified atom stereocenters. The third-order valence-corrected chi connectivity index (χ3v) is 2.55. The van der Waals surface area contributed by atoms with Crippen LogP contribution in [0.15, 0.2) is 24.8 Å². The molecule has 0 amide bonds. The lowest BCUT2D eigenvalue weighted by Crippen LogP contribution is -2.37. The largest absolute Gasteiger partial charge is 0.378 e. The van der Waals surface area contributed by atoms with Gasteiger partial charge in [0.2, 0.25) is 5.95 Å². The van der Waals surface area contributed by atoms with Crippen LogP contribution in [0.1, 0.15) is 13.8 Å². The van der Waals surface area contributed by atoms with Crippen molar-refractivity contribution in [3.63, 3.8) is 0 Å². The van der Waals surface area contributed by atoms with Crippen molar-refractivity contribution in [3.8, 4) is 5.95 Å². The summed E-state index contributed by atoms with van der Waals surface area (Å²) in [6, 6.07) is 1.83. The molecular formula is C12H18N6O. The number of hydrogen-bond donors (Lipinski definition) is 0. The highest BCUT2D eigenvalue weighted by Crippen LogP contribution is 2.09. The molecule has 1 fully saturated rings. The van der Waals surface area contributed by atoms with Crippen molar-refractivity contribution >= 4 is 5.95 Å². The van der Waals surface area contributed by atoms with E-state index >= 15 is 0 Å². The van der Waals surface area contributed by atoms with Gasteiger partial charge in [0.25, 0.3) is 5.95 Å². The van der Waals surface area contributed by atoms with Crippen LogP contribution in [0.4, 0.5) is 5.95 Å². The predicted octanol–water partition coefficient (Wildman–Crippen LogP) is 0.920. The Morgan fingerprint density at radius 2 is 1.84 bits per heavy atom. The van der Waals surface area contributed by atoms with E-state index in [-0.39, 0.29) is 0 Å². The number of ether oxygens (including phenoxy) is 1. The average molecular weight is 262 g/mol. The minimum absolute atomic E-state index is 0.534. The summed E-state index contributed by atoms with van der Waals surface area (Å²) in [5, 5.41) is 4.09. The highest BCUT2D eigenvalue weighted by molar-refractivity contribution is 5.31. The summed E-state index contributed by atoms with van der Waals surface area (Å²) < 4.78 is 6.91. The second-order valence-electron chi connectivity index (χ2n) is 3.64. The van der Waals surface area contributed by atoms with Crippen molar-refractivity contribution in [2.24, 2.45) is 0 Å². The second kappa shape index (κ2) is 6.79. The lowest BCUT2D eigenvalue weighted by atomic mass is 10.4. The Bertz CT molecular complexity index is 481. The molecule has 1 aliphatic heterocycles. The molecule has 19 heavy (non-hydrogen) atoms. The van der Waals surface area contributed by atoms with E-state index in [2.05, 4.69) is 25.0 Å². The molecule has 0 atom stereocenters. The van der Waals surface area contributed by atoms with Crippen LogP contribution in [0.5, 0.6) is 0 Å². The van der Waals surface area contributed by atoms with E-state index in [9.17, 15) is 0 Å². The van der Waals surface area contributed by atoms with Crippen molar-refractivity contribution in [3.05, 3.63) is 24.8 Å². The van der Waals surface area contributed by atoms with Gasteiger partial charge in [-0.2, -0.15) is 15.1 Å². The fourth-order valence-corrected chi connectivity index (χ4v) is 1.69. The van der Waals surface area contributed by atoms with Crippen LogP contribution in [0, 0.1) is 0 Å². The molecule has 2 aromatic heterocycles. The van der Waals surface area contributed by atoms with Crippen LogP contribution >= 0.6 is 0 Å². The molecule has 0 aliphatic carbocycles. The highest BCUT2D eigenvalue weighted by Gasteiger charge is 2.14. The smallest absolute Gasteiger partial charge is 0.255 e. The number of rotatable bonds is 2. The lowest BCUT2D eigenvalue weighted by molar-refractivity contribution is 0.122. The third-order valence-electron chi connectivity index (χ3n) is 2.55. The fourth-order valence-electron chi connectivity index (χ4n) is 1.69.